The second-order valence-electron chi connectivity index (χ2n) is 7.81. The summed E-state index contributed by atoms with van der Waals surface area (Å²) >= 11 is 0. The molecule has 0 radical (unpaired) electrons. The highest BCUT2D eigenvalue weighted by Crippen LogP contribution is 2.44. The Morgan fingerprint density at radius 3 is 2.45 bits per heavy atom. The predicted octanol–water partition coefficient (Wildman–Crippen LogP) is 3.99. The van der Waals surface area contributed by atoms with Gasteiger partial charge in [-0.15, -0.1) is 0 Å². The topological polar surface area (TPSA) is 74.0 Å². The van der Waals surface area contributed by atoms with Gasteiger partial charge in [0.25, 0.3) is 0 Å². The zero-order valence-corrected chi connectivity index (χ0v) is 16.7. The number of benzene rings is 3. The van der Waals surface area contributed by atoms with Crippen LogP contribution in [0.1, 0.15) is 24.0 Å². The van der Waals surface area contributed by atoms with Crippen molar-refractivity contribution in [1.82, 2.24) is 4.90 Å². The molecule has 3 aromatic carbocycles. The van der Waals surface area contributed by atoms with Crippen LogP contribution in [0.3, 0.4) is 0 Å². The second kappa shape index (κ2) is 6.81. The summed E-state index contributed by atoms with van der Waals surface area (Å²) in [5.74, 6) is 1.84. The highest BCUT2D eigenvalue weighted by atomic mass is 16.5. The van der Waals surface area contributed by atoms with Gasteiger partial charge in [-0.3, -0.25) is 4.90 Å². The van der Waals surface area contributed by atoms with Gasteiger partial charge in [-0.05, 0) is 82.7 Å². The molecule has 6 nitrogen and oxygen atoms in total. The molecule has 3 aromatic rings. The van der Waals surface area contributed by atoms with Crippen molar-refractivity contribution in [3.05, 3.63) is 41.5 Å². The summed E-state index contributed by atoms with van der Waals surface area (Å²) in [5.41, 5.74) is 7.97. The fourth-order valence-electron chi connectivity index (χ4n) is 5.05. The molecular weight excluding hydrogens is 368 g/mol. The van der Waals surface area contributed by atoms with Crippen LogP contribution in [-0.2, 0) is 13.0 Å². The lowest BCUT2D eigenvalue weighted by molar-refractivity contribution is 0.211. The number of hydrogen-bond donors (Lipinski definition) is 1. The van der Waals surface area contributed by atoms with Crippen molar-refractivity contribution < 1.29 is 19.0 Å². The fourth-order valence-corrected chi connectivity index (χ4v) is 5.05. The van der Waals surface area contributed by atoms with E-state index in [1.54, 1.807) is 14.2 Å². The Labute approximate surface area is 169 Å². The highest BCUT2D eigenvalue weighted by molar-refractivity contribution is 6.12. The van der Waals surface area contributed by atoms with Gasteiger partial charge in [0.1, 0.15) is 5.75 Å². The molecule has 0 bridgehead atoms. The molecule has 2 aliphatic rings. The van der Waals surface area contributed by atoms with Crippen molar-refractivity contribution in [1.29, 1.82) is 0 Å². The van der Waals surface area contributed by atoms with E-state index < -0.39 is 6.09 Å². The predicted molar refractivity (Wildman–Crippen MR) is 112 cm³/mol. The lowest BCUT2D eigenvalue weighted by Crippen LogP contribution is -2.35. The average Bonchev–Trinajstić information content (AvgIpc) is 3.18. The lowest BCUT2D eigenvalue weighted by Gasteiger charge is -2.33. The van der Waals surface area contributed by atoms with Crippen molar-refractivity contribution in [2.45, 2.75) is 31.8 Å². The molecule has 29 heavy (non-hydrogen) atoms. The molecule has 1 fully saturated rings. The van der Waals surface area contributed by atoms with Gasteiger partial charge in [0.15, 0.2) is 11.5 Å². The second-order valence-corrected chi connectivity index (χ2v) is 7.81. The normalized spacial score (nSPS) is 18.5. The minimum Gasteiger partial charge on any atom is -0.493 e. The van der Waals surface area contributed by atoms with Crippen LogP contribution >= 0.6 is 0 Å². The van der Waals surface area contributed by atoms with E-state index in [1.165, 1.54) is 34.7 Å². The van der Waals surface area contributed by atoms with E-state index in [4.69, 9.17) is 19.9 Å². The minimum absolute atomic E-state index is 0.441. The molecule has 5 rings (SSSR count). The summed E-state index contributed by atoms with van der Waals surface area (Å²) < 4.78 is 16.3. The van der Waals surface area contributed by atoms with Crippen LogP contribution in [0, 0.1) is 0 Å². The Morgan fingerprint density at radius 2 is 1.72 bits per heavy atom. The van der Waals surface area contributed by atoms with E-state index in [-0.39, 0.29) is 0 Å². The third-order valence-corrected chi connectivity index (χ3v) is 6.34. The van der Waals surface area contributed by atoms with Crippen molar-refractivity contribution in [2.75, 3.05) is 20.8 Å². The number of nitrogens with zero attached hydrogens (tertiary/aromatic N) is 1. The first-order valence-electron chi connectivity index (χ1n) is 9.93. The molecule has 0 unspecified atom stereocenters. The maximum Gasteiger partial charge on any atom is 0.409 e. The number of methoxy groups -OCH3 is 2. The summed E-state index contributed by atoms with van der Waals surface area (Å²) in [6.45, 7) is 2.09. The molecule has 150 valence electrons. The van der Waals surface area contributed by atoms with Crippen LogP contribution in [0.25, 0.3) is 21.5 Å². The van der Waals surface area contributed by atoms with Gasteiger partial charge < -0.3 is 19.9 Å². The number of ether oxygens (including phenoxy) is 3. The summed E-state index contributed by atoms with van der Waals surface area (Å²) in [5, 5.41) is 4.45. The Balaban J connectivity index is 1.84. The van der Waals surface area contributed by atoms with E-state index in [2.05, 4.69) is 11.0 Å². The zero-order chi connectivity index (χ0) is 20.1. The number of carbonyl (C=O) groups is 1. The largest absolute Gasteiger partial charge is 0.493 e. The summed E-state index contributed by atoms with van der Waals surface area (Å²) in [6, 6.07) is 10.5. The Hall–Kier alpha value is -2.99. The first kappa shape index (κ1) is 18.1. The number of amides is 1. The molecule has 1 amide bonds. The van der Waals surface area contributed by atoms with E-state index in [0.29, 0.717) is 17.5 Å². The standard InChI is InChI=1S/C23H24N2O4/c1-27-21-10-18-16-8-13-4-3-7-25(13)12-20(16)15-6-5-14(29-23(24)26)9-17(15)19(18)11-22(21)28-2/h5-6,9-11,13H,3-4,7-8,12H2,1-2H3,(H2,24,26)/t13-/m1/s1. The maximum atomic E-state index is 11.3. The van der Waals surface area contributed by atoms with Crippen LogP contribution in [0.4, 0.5) is 4.79 Å². The molecule has 0 spiro atoms. The van der Waals surface area contributed by atoms with E-state index in [9.17, 15) is 4.79 Å². The highest BCUT2D eigenvalue weighted by Gasteiger charge is 2.32. The number of carbonyl (C=O) groups excluding carboxylic acids is 1. The van der Waals surface area contributed by atoms with Gasteiger partial charge in [0, 0.05) is 12.6 Å². The maximum absolute atomic E-state index is 11.3. The van der Waals surface area contributed by atoms with Gasteiger partial charge in [-0.1, -0.05) is 6.07 Å². The van der Waals surface area contributed by atoms with Crippen LogP contribution in [0.15, 0.2) is 30.3 Å². The van der Waals surface area contributed by atoms with Crippen molar-refractivity contribution in [3.8, 4) is 17.2 Å². The molecule has 1 saturated heterocycles. The van der Waals surface area contributed by atoms with Gasteiger partial charge in [-0.2, -0.15) is 0 Å². The third kappa shape index (κ3) is 2.86. The average molecular weight is 392 g/mol. The van der Waals surface area contributed by atoms with E-state index >= 15 is 0 Å². The van der Waals surface area contributed by atoms with Crippen LogP contribution in [-0.4, -0.2) is 37.8 Å². The monoisotopic (exact) mass is 392 g/mol. The van der Waals surface area contributed by atoms with Gasteiger partial charge in [0.2, 0.25) is 0 Å². The third-order valence-electron chi connectivity index (χ3n) is 6.34. The lowest BCUT2D eigenvalue weighted by atomic mass is 9.85. The smallest absolute Gasteiger partial charge is 0.409 e. The number of primary amides is 1. The Kier molecular flexibility index (Phi) is 4.24. The van der Waals surface area contributed by atoms with Crippen LogP contribution in [0.2, 0.25) is 0 Å². The van der Waals surface area contributed by atoms with E-state index in [0.717, 1.165) is 36.0 Å². The van der Waals surface area contributed by atoms with Gasteiger partial charge >= 0.3 is 6.09 Å². The molecule has 2 aliphatic heterocycles. The minimum atomic E-state index is -0.814. The molecule has 2 N–H and O–H groups in total. The fraction of sp³-hybridized carbons (Fsp3) is 0.348. The SMILES string of the molecule is COc1cc2c3c(c4ccc(OC(N)=O)cc4c2cc1OC)CN1CCC[C@@H]1C3. The van der Waals surface area contributed by atoms with Crippen molar-refractivity contribution in [2.24, 2.45) is 5.73 Å². The first-order chi connectivity index (χ1) is 14.1. The van der Waals surface area contributed by atoms with Crippen LogP contribution < -0.4 is 19.9 Å². The molecular formula is C23H24N2O4. The molecule has 2 heterocycles. The molecule has 6 heteroatoms. The van der Waals surface area contributed by atoms with E-state index in [1.807, 2.05) is 24.3 Å². The molecule has 0 aromatic heterocycles. The first-order valence-corrected chi connectivity index (χ1v) is 9.93. The Bertz CT molecular complexity index is 1140. The summed E-state index contributed by atoms with van der Waals surface area (Å²) in [4.78, 5) is 13.9. The van der Waals surface area contributed by atoms with Crippen molar-refractivity contribution >= 4 is 27.6 Å². The van der Waals surface area contributed by atoms with Crippen LogP contribution in [0.5, 0.6) is 17.2 Å². The quantitative estimate of drug-likeness (QED) is 0.683. The number of rotatable bonds is 3. The van der Waals surface area contributed by atoms with Gasteiger partial charge in [0.05, 0.1) is 14.2 Å². The summed E-state index contributed by atoms with van der Waals surface area (Å²) in [6.07, 6.45) is 2.72. The van der Waals surface area contributed by atoms with Gasteiger partial charge in [-0.25, -0.2) is 4.79 Å². The number of fused-ring (bicyclic) bond motifs is 7. The van der Waals surface area contributed by atoms with Crippen molar-refractivity contribution in [3.63, 3.8) is 0 Å². The number of hydrogen-bond acceptors (Lipinski definition) is 5. The molecule has 0 saturated carbocycles. The molecule has 1 atom stereocenters. The Morgan fingerprint density at radius 1 is 1.00 bits per heavy atom. The summed E-state index contributed by atoms with van der Waals surface area (Å²) in [7, 11) is 3.30. The molecule has 0 aliphatic carbocycles. The zero-order valence-electron chi connectivity index (χ0n) is 16.7. The number of nitrogens with two attached hydrogens (primary N) is 1.